The van der Waals surface area contributed by atoms with E-state index in [0.29, 0.717) is 0 Å². The van der Waals surface area contributed by atoms with Gasteiger partial charge in [-0.05, 0) is 0 Å². The van der Waals surface area contributed by atoms with E-state index in [4.69, 9.17) is 0 Å². The first-order chi connectivity index (χ1) is 5.70. The topological polar surface area (TPSA) is 0 Å². The molecule has 1 rings (SSSR count). The fourth-order valence-corrected chi connectivity index (χ4v) is 2.06. The summed E-state index contributed by atoms with van der Waals surface area (Å²) < 4.78 is 1.36. The van der Waals surface area contributed by atoms with Gasteiger partial charge < -0.3 is 0 Å². The second-order valence-electron chi connectivity index (χ2n) is 3.05. The van der Waals surface area contributed by atoms with Gasteiger partial charge in [0.2, 0.25) is 0 Å². The minimum absolute atomic E-state index is 1.15. The number of aryl methyl sites for hydroxylation is 1. The Hall–Kier alpha value is -0.222. The van der Waals surface area contributed by atoms with Gasteiger partial charge in [0.1, 0.15) is 0 Å². The summed E-state index contributed by atoms with van der Waals surface area (Å²) in [6.45, 7) is 6.66. The van der Waals surface area contributed by atoms with Crippen LogP contribution in [0.1, 0.15) is 30.5 Å². The molecule has 0 saturated heterocycles. The van der Waals surface area contributed by atoms with E-state index in [1.165, 1.54) is 21.0 Å². The van der Waals surface area contributed by atoms with Gasteiger partial charge in [-0.2, -0.15) is 0 Å². The Balaban J connectivity index is 3.25. The van der Waals surface area contributed by atoms with Gasteiger partial charge in [-0.1, -0.05) is 0 Å². The van der Waals surface area contributed by atoms with Crippen molar-refractivity contribution in [3.8, 4) is 0 Å². The summed E-state index contributed by atoms with van der Waals surface area (Å²) in [7, 11) is 0. The second-order valence-corrected chi connectivity index (χ2v) is 4.07. The van der Waals surface area contributed by atoms with Crippen LogP contribution >= 0.6 is 0 Å². The van der Waals surface area contributed by atoms with Crippen LogP contribution in [-0.2, 0) is 12.8 Å². The number of hydrogen-bond donors (Lipinski definition) is 0. The van der Waals surface area contributed by atoms with E-state index in [0.717, 1.165) is 12.8 Å². The van der Waals surface area contributed by atoms with Crippen molar-refractivity contribution in [3.05, 3.63) is 28.8 Å². The Kier molecular flexibility index (Phi) is 3.40. The van der Waals surface area contributed by atoms with Gasteiger partial charge in [0, 0.05) is 0 Å². The van der Waals surface area contributed by atoms with Crippen molar-refractivity contribution in [2.45, 2.75) is 33.6 Å². The normalized spacial score (nSPS) is 10.3. The molecule has 0 amide bonds. The van der Waals surface area contributed by atoms with Crippen molar-refractivity contribution >= 4 is 21.2 Å². The molecule has 1 aromatic carbocycles. The third kappa shape index (κ3) is 1.75. The van der Waals surface area contributed by atoms with Crippen LogP contribution in [0.3, 0.4) is 0 Å². The molecular weight excluding hydrogens is 207 g/mol. The number of hydrogen-bond acceptors (Lipinski definition) is 0. The van der Waals surface area contributed by atoms with Crippen LogP contribution in [0, 0.1) is 6.92 Å². The summed E-state index contributed by atoms with van der Waals surface area (Å²) in [6, 6.07) is 4.45. The Labute approximate surface area is 83.9 Å². The summed E-state index contributed by atoms with van der Waals surface area (Å²) >= 11 is 2.64. The van der Waals surface area contributed by atoms with Gasteiger partial charge in [-0.3, -0.25) is 0 Å². The Morgan fingerprint density at radius 2 is 1.83 bits per heavy atom. The molecule has 0 saturated carbocycles. The molecule has 0 nitrogen and oxygen atoms in total. The summed E-state index contributed by atoms with van der Waals surface area (Å²) in [5, 5.41) is 0. The van der Waals surface area contributed by atoms with Crippen LogP contribution in [0.15, 0.2) is 12.1 Å². The van der Waals surface area contributed by atoms with Gasteiger partial charge >= 0.3 is 83.6 Å². The molecule has 0 atom stereocenters. The third-order valence-electron chi connectivity index (χ3n) is 2.40. The molecule has 0 fully saturated rings. The van der Waals surface area contributed by atoms with Crippen LogP contribution in [0.25, 0.3) is 0 Å². The predicted molar refractivity (Wildman–Crippen MR) is 55.3 cm³/mol. The van der Waals surface area contributed by atoms with E-state index in [1.807, 2.05) is 0 Å². The van der Waals surface area contributed by atoms with Crippen molar-refractivity contribution in [1.29, 1.82) is 0 Å². The molecule has 12 heavy (non-hydrogen) atoms. The Morgan fingerprint density at radius 1 is 1.17 bits per heavy atom. The molecule has 1 heteroatoms. The van der Waals surface area contributed by atoms with Crippen molar-refractivity contribution in [3.63, 3.8) is 0 Å². The van der Waals surface area contributed by atoms with Crippen molar-refractivity contribution in [2.24, 2.45) is 0 Å². The van der Waals surface area contributed by atoms with Gasteiger partial charge in [-0.15, -0.1) is 0 Å². The fraction of sp³-hybridized carbons (Fsp3) is 0.455. The Bertz CT molecular complexity index is 277. The molecule has 0 aliphatic carbocycles. The van der Waals surface area contributed by atoms with Crippen LogP contribution in [0.2, 0.25) is 0 Å². The molecule has 0 heterocycles. The average molecular weight is 222 g/mol. The molecule has 0 spiro atoms. The summed E-state index contributed by atoms with van der Waals surface area (Å²) in [4.78, 5) is 0. The monoisotopic (exact) mass is 222 g/mol. The van der Waals surface area contributed by atoms with Gasteiger partial charge in [0.15, 0.2) is 0 Å². The maximum absolute atomic E-state index is 2.64. The molecule has 0 bridgehead atoms. The van der Waals surface area contributed by atoms with Gasteiger partial charge in [0.05, 0.1) is 0 Å². The van der Waals surface area contributed by atoms with E-state index in [1.54, 1.807) is 0 Å². The first-order valence-electron chi connectivity index (χ1n) is 4.51. The van der Waals surface area contributed by atoms with Crippen LogP contribution in [-0.4, -0.2) is 16.9 Å². The molecule has 2 radical (unpaired) electrons. The number of benzene rings is 1. The summed E-state index contributed by atoms with van der Waals surface area (Å²) in [6.07, 6.45) is 2.30. The maximum atomic E-state index is 2.64. The molecular formula is C11H15As. The van der Waals surface area contributed by atoms with Crippen molar-refractivity contribution in [1.82, 2.24) is 0 Å². The third-order valence-corrected chi connectivity index (χ3v) is 3.42. The van der Waals surface area contributed by atoms with Crippen molar-refractivity contribution in [2.75, 3.05) is 0 Å². The van der Waals surface area contributed by atoms with Crippen molar-refractivity contribution < 1.29 is 0 Å². The standard InChI is InChI=1S/C11H15As/c1-4-9-6-7-11(12)8(3)10(9)5-2/h6-7H,4-5H2,1-3H3. The van der Waals surface area contributed by atoms with Crippen LogP contribution < -0.4 is 4.35 Å². The van der Waals surface area contributed by atoms with Crippen LogP contribution in [0.4, 0.5) is 0 Å². The zero-order chi connectivity index (χ0) is 9.14. The quantitative estimate of drug-likeness (QED) is 0.670. The first kappa shape index (κ1) is 9.86. The molecule has 0 aliphatic rings. The minimum atomic E-state index is 1.15. The predicted octanol–water partition coefficient (Wildman–Crippen LogP) is 1.91. The zero-order valence-electron chi connectivity index (χ0n) is 8.02. The van der Waals surface area contributed by atoms with E-state index in [9.17, 15) is 0 Å². The molecule has 64 valence electrons. The zero-order valence-corrected chi connectivity index (χ0v) is 9.89. The Morgan fingerprint density at radius 3 is 2.33 bits per heavy atom. The molecule has 0 aliphatic heterocycles. The SMILES string of the molecule is CCc1ccc([As])c(C)c1CC. The summed E-state index contributed by atoms with van der Waals surface area (Å²) in [5.74, 6) is 0. The number of rotatable bonds is 2. The van der Waals surface area contributed by atoms with Gasteiger partial charge in [0.25, 0.3) is 0 Å². The molecule has 0 N–H and O–H groups in total. The van der Waals surface area contributed by atoms with E-state index < -0.39 is 0 Å². The van der Waals surface area contributed by atoms with E-state index in [-0.39, 0.29) is 0 Å². The van der Waals surface area contributed by atoms with Crippen LogP contribution in [0.5, 0.6) is 0 Å². The second kappa shape index (κ2) is 4.14. The molecule has 0 aromatic heterocycles. The first-order valence-corrected chi connectivity index (χ1v) is 5.44. The van der Waals surface area contributed by atoms with E-state index in [2.05, 4.69) is 49.8 Å². The van der Waals surface area contributed by atoms with E-state index >= 15 is 0 Å². The molecule has 1 aromatic rings. The average Bonchev–Trinajstić information content (AvgIpc) is 2.09. The summed E-state index contributed by atoms with van der Waals surface area (Å²) in [5.41, 5.74) is 4.50. The van der Waals surface area contributed by atoms with Gasteiger partial charge in [-0.25, -0.2) is 0 Å². The fourth-order valence-electron chi connectivity index (χ4n) is 1.62. The molecule has 0 unspecified atom stereocenters.